The molecule has 1 aliphatic heterocycles. The van der Waals surface area contributed by atoms with Gasteiger partial charge < -0.3 is 10.6 Å². The molecule has 2 N–H and O–H groups in total. The Bertz CT molecular complexity index is 783. The fraction of sp³-hybridized carbons (Fsp3) is 0.190. The van der Waals surface area contributed by atoms with Gasteiger partial charge in [0.2, 0.25) is 0 Å². The first kappa shape index (κ1) is 17.5. The smallest absolute Gasteiger partial charge is 0.0445 e. The lowest BCUT2D eigenvalue weighted by atomic mass is 10.0. The van der Waals surface area contributed by atoms with Gasteiger partial charge in [-0.05, 0) is 42.7 Å². The highest BCUT2D eigenvalue weighted by molar-refractivity contribution is 5.77. The number of benzene rings is 1. The number of pyridine rings is 1. The van der Waals surface area contributed by atoms with E-state index >= 15 is 0 Å². The van der Waals surface area contributed by atoms with Crippen molar-refractivity contribution in [2.24, 2.45) is 0 Å². The number of nitrogens with zero attached hydrogens (tertiary/aromatic N) is 1. The summed E-state index contributed by atoms with van der Waals surface area (Å²) in [5, 5.41) is 6.76. The molecule has 0 radical (unpaired) electrons. The van der Waals surface area contributed by atoms with Gasteiger partial charge in [0.25, 0.3) is 0 Å². The molecule has 0 spiro atoms. The van der Waals surface area contributed by atoms with Crippen LogP contribution in [-0.4, -0.2) is 11.5 Å². The number of hydrogen-bond donors (Lipinski definition) is 2. The van der Waals surface area contributed by atoms with Crippen molar-refractivity contribution in [3.05, 3.63) is 83.7 Å². The number of anilines is 1. The average Bonchev–Trinajstić information content (AvgIpc) is 2.55. The van der Waals surface area contributed by atoms with Crippen LogP contribution in [0, 0.1) is 6.92 Å². The first-order valence-corrected chi connectivity index (χ1v) is 7.74. The second kappa shape index (κ2) is 7.64. The van der Waals surface area contributed by atoms with Crippen LogP contribution in [0.2, 0.25) is 0 Å². The minimum Gasteiger partial charge on any atom is -0.381 e. The standard InChI is InChI=1S/C20H21N3.CH4/c1-14-5-4-11-22-20(14)18-8-6-17(7-9-18)16(3)23-19-10-12-21-15(2)13-19;/h4-10,12-13,22H,3,11H2,1-2H3,(H,21,23);1H4. The van der Waals surface area contributed by atoms with Gasteiger partial charge in [-0.2, -0.15) is 0 Å². The second-order valence-electron chi connectivity index (χ2n) is 5.71. The van der Waals surface area contributed by atoms with Gasteiger partial charge in [0.1, 0.15) is 0 Å². The lowest BCUT2D eigenvalue weighted by molar-refractivity contribution is 0.980. The Kier molecular flexibility index (Phi) is 5.59. The molecular formula is C21H25N3. The van der Waals surface area contributed by atoms with Crippen molar-refractivity contribution in [1.29, 1.82) is 0 Å². The van der Waals surface area contributed by atoms with Crippen LogP contribution in [-0.2, 0) is 0 Å². The fourth-order valence-electron chi connectivity index (χ4n) is 2.66. The van der Waals surface area contributed by atoms with Gasteiger partial charge in [-0.15, -0.1) is 0 Å². The molecule has 0 aliphatic carbocycles. The van der Waals surface area contributed by atoms with Crippen LogP contribution in [0.1, 0.15) is 31.2 Å². The molecule has 1 aromatic carbocycles. The van der Waals surface area contributed by atoms with E-state index in [0.717, 1.165) is 29.2 Å². The molecule has 2 aromatic rings. The van der Waals surface area contributed by atoms with Crippen molar-refractivity contribution in [3.8, 4) is 0 Å². The van der Waals surface area contributed by atoms with Crippen molar-refractivity contribution in [2.75, 3.05) is 11.9 Å². The number of nitrogens with one attached hydrogen (secondary N) is 2. The summed E-state index contributed by atoms with van der Waals surface area (Å²) in [7, 11) is 0. The van der Waals surface area contributed by atoms with Crippen LogP contribution in [0.5, 0.6) is 0 Å². The third-order valence-electron chi connectivity index (χ3n) is 3.87. The minimum atomic E-state index is 0. The fourth-order valence-corrected chi connectivity index (χ4v) is 2.66. The van der Waals surface area contributed by atoms with Crippen LogP contribution < -0.4 is 10.6 Å². The summed E-state index contributed by atoms with van der Waals surface area (Å²) >= 11 is 0. The zero-order valence-corrected chi connectivity index (χ0v) is 13.6. The lowest BCUT2D eigenvalue weighted by Gasteiger charge is -2.17. The quantitative estimate of drug-likeness (QED) is 0.832. The zero-order valence-electron chi connectivity index (χ0n) is 13.6. The summed E-state index contributed by atoms with van der Waals surface area (Å²) in [5.74, 6) is 0. The monoisotopic (exact) mass is 319 g/mol. The summed E-state index contributed by atoms with van der Waals surface area (Å²) in [6.07, 6.45) is 6.09. The van der Waals surface area contributed by atoms with Crippen LogP contribution in [0.15, 0.2) is 66.9 Å². The second-order valence-corrected chi connectivity index (χ2v) is 5.71. The van der Waals surface area contributed by atoms with Crippen LogP contribution in [0.3, 0.4) is 0 Å². The van der Waals surface area contributed by atoms with Gasteiger partial charge >= 0.3 is 0 Å². The molecule has 3 heteroatoms. The predicted molar refractivity (Wildman–Crippen MR) is 105 cm³/mol. The SMILES string of the molecule is C.C=C(Nc1ccnc(C)c1)c1ccc(C2=C(C)C=CCN2)cc1. The van der Waals surface area contributed by atoms with E-state index < -0.39 is 0 Å². The third-order valence-corrected chi connectivity index (χ3v) is 3.87. The summed E-state index contributed by atoms with van der Waals surface area (Å²) in [6.45, 7) is 9.12. The highest BCUT2D eigenvalue weighted by Gasteiger charge is 2.07. The number of hydrogen-bond acceptors (Lipinski definition) is 3. The van der Waals surface area contributed by atoms with Crippen molar-refractivity contribution in [1.82, 2.24) is 10.3 Å². The van der Waals surface area contributed by atoms with E-state index in [-0.39, 0.29) is 7.43 Å². The number of rotatable bonds is 4. The zero-order chi connectivity index (χ0) is 16.2. The van der Waals surface area contributed by atoms with Crippen LogP contribution >= 0.6 is 0 Å². The van der Waals surface area contributed by atoms with Gasteiger partial charge in [-0.3, -0.25) is 4.98 Å². The highest BCUT2D eigenvalue weighted by Crippen LogP contribution is 2.22. The molecule has 0 saturated carbocycles. The Balaban J connectivity index is 0.00000208. The van der Waals surface area contributed by atoms with E-state index in [1.165, 1.54) is 16.8 Å². The first-order chi connectivity index (χ1) is 11.1. The van der Waals surface area contributed by atoms with E-state index in [2.05, 4.69) is 65.5 Å². The maximum Gasteiger partial charge on any atom is 0.0445 e. The Hall–Kier alpha value is -2.81. The van der Waals surface area contributed by atoms with Gasteiger partial charge in [-0.1, -0.05) is 50.4 Å². The molecule has 0 atom stereocenters. The average molecular weight is 319 g/mol. The number of aryl methyl sites for hydroxylation is 1. The highest BCUT2D eigenvalue weighted by atomic mass is 14.9. The molecule has 0 saturated heterocycles. The summed E-state index contributed by atoms with van der Waals surface area (Å²) in [6, 6.07) is 12.4. The summed E-state index contributed by atoms with van der Waals surface area (Å²) in [5.41, 5.74) is 7.59. The molecule has 0 bridgehead atoms. The van der Waals surface area contributed by atoms with Crippen LogP contribution in [0.25, 0.3) is 11.4 Å². The van der Waals surface area contributed by atoms with E-state index in [1.54, 1.807) is 6.20 Å². The number of aromatic nitrogens is 1. The van der Waals surface area contributed by atoms with Gasteiger partial charge in [-0.25, -0.2) is 0 Å². The van der Waals surface area contributed by atoms with E-state index in [1.807, 2.05) is 19.1 Å². The third kappa shape index (κ3) is 3.93. The van der Waals surface area contributed by atoms with Crippen molar-refractivity contribution in [3.63, 3.8) is 0 Å². The number of dihydropyridines is 1. The molecule has 0 amide bonds. The van der Waals surface area contributed by atoms with Crippen molar-refractivity contribution < 1.29 is 0 Å². The van der Waals surface area contributed by atoms with Crippen molar-refractivity contribution >= 4 is 17.1 Å². The Morgan fingerprint density at radius 2 is 1.92 bits per heavy atom. The van der Waals surface area contributed by atoms with E-state index in [9.17, 15) is 0 Å². The molecule has 3 rings (SSSR count). The summed E-state index contributed by atoms with van der Waals surface area (Å²) < 4.78 is 0. The molecule has 124 valence electrons. The molecule has 1 aliphatic rings. The minimum absolute atomic E-state index is 0. The van der Waals surface area contributed by atoms with Gasteiger partial charge in [0.15, 0.2) is 0 Å². The molecule has 24 heavy (non-hydrogen) atoms. The van der Waals surface area contributed by atoms with E-state index in [0.29, 0.717) is 0 Å². The largest absolute Gasteiger partial charge is 0.381 e. The maximum atomic E-state index is 4.20. The summed E-state index contributed by atoms with van der Waals surface area (Å²) in [4.78, 5) is 4.20. The molecule has 0 fully saturated rings. The van der Waals surface area contributed by atoms with Crippen LogP contribution in [0.4, 0.5) is 5.69 Å². The normalized spacial score (nSPS) is 13.1. The van der Waals surface area contributed by atoms with Gasteiger partial charge in [0.05, 0.1) is 0 Å². The van der Waals surface area contributed by atoms with Gasteiger partial charge in [0, 0.05) is 35.5 Å². The molecule has 2 heterocycles. The molecule has 0 unspecified atom stereocenters. The predicted octanol–water partition coefficient (Wildman–Crippen LogP) is 5.00. The lowest BCUT2D eigenvalue weighted by Crippen LogP contribution is -2.16. The molecule has 1 aromatic heterocycles. The number of allylic oxidation sites excluding steroid dienone is 2. The molecular weight excluding hydrogens is 294 g/mol. The Morgan fingerprint density at radius 3 is 2.58 bits per heavy atom. The van der Waals surface area contributed by atoms with E-state index in [4.69, 9.17) is 0 Å². The maximum absolute atomic E-state index is 4.20. The molecule has 3 nitrogen and oxygen atoms in total. The topological polar surface area (TPSA) is 37.0 Å². The Labute approximate surface area is 144 Å². The van der Waals surface area contributed by atoms with Crippen molar-refractivity contribution in [2.45, 2.75) is 21.3 Å². The Morgan fingerprint density at radius 1 is 1.17 bits per heavy atom. The first-order valence-electron chi connectivity index (χ1n) is 7.74.